The lowest BCUT2D eigenvalue weighted by atomic mass is 9.52. The Labute approximate surface area is 597 Å². The van der Waals surface area contributed by atoms with Crippen LogP contribution in [0.3, 0.4) is 0 Å². The molecule has 0 aromatic heterocycles. The Kier molecular flexibility index (Phi) is 60.2. The molecule has 0 heterocycles. The van der Waals surface area contributed by atoms with Crippen molar-refractivity contribution >= 4 is 6.71 Å². The quantitative estimate of drug-likeness (QED) is 0.251. The van der Waals surface area contributed by atoms with E-state index in [1.54, 1.807) is 13.8 Å². The molecule has 0 aromatic carbocycles. The van der Waals surface area contributed by atoms with Gasteiger partial charge >= 0.3 is 6.71 Å². The van der Waals surface area contributed by atoms with Gasteiger partial charge in [-0.1, -0.05) is 11.8 Å². The molecule has 0 aliphatic rings. The summed E-state index contributed by atoms with van der Waals surface area (Å²) in [6, 6.07) is 0. The van der Waals surface area contributed by atoms with E-state index in [-0.39, 0.29) is 0 Å². The summed E-state index contributed by atoms with van der Waals surface area (Å²) in [4.78, 5) is 0. The van der Waals surface area contributed by atoms with Crippen LogP contribution >= 0.6 is 0 Å². The van der Waals surface area contributed by atoms with Gasteiger partial charge in [0.1, 0.15) is 0 Å². The molecule has 0 bridgehead atoms. The Morgan fingerprint density at radius 2 is 0.188 bits per heavy atom. The zero-order valence-electron chi connectivity index (χ0n) is 51.7. The highest BCUT2D eigenvalue weighted by Crippen LogP contribution is 1.76. The molecule has 410 valence electrons. The van der Waals surface area contributed by atoms with Gasteiger partial charge in [-0.2, -0.15) is 0 Å². The molecular weight excluding hydrogens is 1210 g/mol. The molecule has 0 aromatic rings. The second-order valence-corrected chi connectivity index (χ2v) is 12.9. The van der Waals surface area contributed by atoms with E-state index in [0.717, 1.165) is 0 Å². The van der Waals surface area contributed by atoms with Gasteiger partial charge in [0, 0.05) is 260 Å². The van der Waals surface area contributed by atoms with E-state index in [0.29, 0.717) is 0 Å². The average molecular weight is 1220 g/mol. The molecule has 0 amide bonds. The van der Waals surface area contributed by atoms with Crippen molar-refractivity contribution in [3.63, 3.8) is 0 Å². The van der Waals surface area contributed by atoms with E-state index in [4.69, 9.17) is 6.42 Å². The molecule has 1 heteroatoms. The minimum atomic E-state index is -0.824. The van der Waals surface area contributed by atoms with Gasteiger partial charge < -0.3 is 0 Å². The Balaban J connectivity index is 5.94. The van der Waals surface area contributed by atoms with Crippen LogP contribution in [-0.2, 0) is 0 Å². The summed E-state index contributed by atoms with van der Waals surface area (Å²) in [5.41, 5.74) is 0. The summed E-state index contributed by atoms with van der Waals surface area (Å²) in [5.74, 6) is 244. The van der Waals surface area contributed by atoms with Gasteiger partial charge in [0.2, 0.25) is 0 Å². The third kappa shape index (κ3) is 74.6. The van der Waals surface area contributed by atoms with Crippen LogP contribution in [0.15, 0.2) is 0 Å². The maximum Gasteiger partial charge on any atom is 0.398 e. The molecule has 0 aliphatic heterocycles. The second-order valence-electron chi connectivity index (χ2n) is 12.9. The normalized spacial score (nSPS) is 4.09. The standard InChI is InChI=1S/C100H7B/c1-4-7-10-13-16-19-22-25-28-31-34-37-40-43-46-49-52-55-58-61-64-67-70-73-76-79-82-85-88-91-94-97-100-101(98-95-92-89-86-83-80-77-74-71-68-65-62-59-56-53-50-47-44-41-38-35-32-29-26-23-20-17-14-11-8-5-2)99-96-93-90-87-84-81-78-75-72-69-66-63-60-57-54-51-48-45-42-39-36-33-30-27-24-21-18-15-12-9-6-3/h1H,2-3H3. The zero-order chi connectivity index (χ0) is 72.2. The third-order valence-electron chi connectivity index (χ3n) is 6.47. The van der Waals surface area contributed by atoms with Crippen LogP contribution in [0.5, 0.6) is 0 Å². The summed E-state index contributed by atoms with van der Waals surface area (Å²) in [7, 11) is 0. The molecule has 0 radical (unpaired) electrons. The molecule has 0 rings (SSSR count). The summed E-state index contributed by atoms with van der Waals surface area (Å²) in [6.45, 7) is 2.53. The van der Waals surface area contributed by atoms with Crippen LogP contribution in [0, 0.1) is 580 Å². The van der Waals surface area contributed by atoms with Gasteiger partial charge in [-0.05, 0) is 298 Å². The van der Waals surface area contributed by atoms with Crippen molar-refractivity contribution in [2.45, 2.75) is 13.8 Å². The Hall–Kier alpha value is -21.5. The first-order valence-corrected chi connectivity index (χ1v) is 25.7. The first kappa shape index (κ1) is 79.5. The number of hydrogen-bond acceptors (Lipinski definition) is 0. The lowest BCUT2D eigenvalue weighted by Gasteiger charge is -1.78. The van der Waals surface area contributed by atoms with Gasteiger partial charge in [0.25, 0.3) is 0 Å². The third-order valence-corrected chi connectivity index (χ3v) is 6.47. The second kappa shape index (κ2) is 76.5. The molecule has 0 atom stereocenters. The first-order chi connectivity index (χ1) is 50.3. The van der Waals surface area contributed by atoms with Crippen molar-refractivity contribution in [2.24, 2.45) is 0 Å². The lowest BCUT2D eigenvalue weighted by molar-refractivity contribution is 1.92. The lowest BCUT2D eigenvalue weighted by Crippen LogP contribution is -2.03. The van der Waals surface area contributed by atoms with Gasteiger partial charge in [0.15, 0.2) is 0 Å². The topological polar surface area (TPSA) is 0 Å². The van der Waals surface area contributed by atoms with Crippen molar-refractivity contribution in [1.82, 2.24) is 0 Å². The van der Waals surface area contributed by atoms with Crippen LogP contribution in [0.1, 0.15) is 13.8 Å². The fourth-order valence-electron chi connectivity index (χ4n) is 3.25. The minimum Gasteiger partial charge on any atom is -0.106 e. The molecule has 0 nitrogen and oxygen atoms in total. The molecule has 101 heavy (non-hydrogen) atoms. The summed E-state index contributed by atoms with van der Waals surface area (Å²) in [6.07, 6.45) is 4.97. The van der Waals surface area contributed by atoms with Crippen LogP contribution in [0.2, 0.25) is 0 Å². The van der Waals surface area contributed by atoms with E-state index in [2.05, 4.69) is 574 Å². The summed E-state index contributed by atoms with van der Waals surface area (Å²) >= 11 is 0. The number of rotatable bonds is 0. The highest BCUT2D eigenvalue weighted by molar-refractivity contribution is 6.83. The van der Waals surface area contributed by atoms with Crippen molar-refractivity contribution in [3.05, 3.63) is 0 Å². The summed E-state index contributed by atoms with van der Waals surface area (Å²) in [5, 5.41) is 0. The van der Waals surface area contributed by atoms with E-state index >= 15 is 0 Å². The van der Waals surface area contributed by atoms with Crippen LogP contribution in [-0.4, -0.2) is 6.71 Å². The van der Waals surface area contributed by atoms with Gasteiger partial charge in [0.05, 0.1) is 0 Å². The highest BCUT2D eigenvalue weighted by Gasteiger charge is 2.00. The minimum absolute atomic E-state index is 0.824. The maximum atomic E-state index is 4.97. The number of terminal acetylenes is 1. The van der Waals surface area contributed by atoms with Crippen molar-refractivity contribution in [2.75, 3.05) is 0 Å². The fraction of sp³-hybridized carbons (Fsp3) is 0.0200. The molecule has 0 aliphatic carbocycles. The van der Waals surface area contributed by atoms with Gasteiger partial charge in [-0.3, -0.25) is 0 Å². The van der Waals surface area contributed by atoms with E-state index in [1.165, 1.54) is 0 Å². The average Bonchev–Trinajstić information content (AvgIpc) is 3.82. The molecule has 0 saturated carbocycles. The molecule has 0 N–H and O–H groups in total. The summed E-state index contributed by atoms with van der Waals surface area (Å²) < 4.78 is 0. The SMILES string of the molecule is C#CC#CC#CC#CC#CC#CC#CC#CC#CC#CC#CC#CC#CC#CC#CC#CC#CB(C#CC#CC#CC#CC#CC#CC#CC#CC#CC#CC#CC#CC#CC#CC#CC#CC)C#CC#CC#CC#CC#CC#CC#CC#CC#CC#CC#CC#CC#CC#CC#CC#CC. The van der Waals surface area contributed by atoms with Crippen LogP contribution in [0.25, 0.3) is 0 Å². The van der Waals surface area contributed by atoms with Gasteiger partial charge in [-0.15, -0.1) is 23.9 Å². The highest BCUT2D eigenvalue weighted by atomic mass is 13.7. The van der Waals surface area contributed by atoms with E-state index in [9.17, 15) is 0 Å². The molecular formula is C100H7B. The van der Waals surface area contributed by atoms with Crippen molar-refractivity contribution in [3.8, 4) is 580 Å². The maximum absolute atomic E-state index is 4.97. The predicted octanol–water partition coefficient (Wildman–Crippen LogP) is 0.935. The Morgan fingerprint density at radius 1 is 0.109 bits per heavy atom. The van der Waals surface area contributed by atoms with Crippen molar-refractivity contribution in [1.29, 1.82) is 0 Å². The molecule has 0 fully saturated rings. The largest absolute Gasteiger partial charge is 0.398 e. The van der Waals surface area contributed by atoms with Crippen LogP contribution in [0.4, 0.5) is 0 Å². The number of hydrogen-bond donors (Lipinski definition) is 0. The smallest absolute Gasteiger partial charge is 0.106 e. The Morgan fingerprint density at radius 3 is 0.277 bits per heavy atom. The van der Waals surface area contributed by atoms with E-state index < -0.39 is 6.71 Å². The van der Waals surface area contributed by atoms with E-state index in [1.807, 2.05) is 0 Å². The predicted molar refractivity (Wildman–Crippen MR) is 399 cm³/mol. The molecule has 0 saturated heterocycles. The van der Waals surface area contributed by atoms with Gasteiger partial charge in [-0.25, -0.2) is 0 Å². The first-order valence-electron chi connectivity index (χ1n) is 25.7. The zero-order valence-corrected chi connectivity index (χ0v) is 51.7. The van der Waals surface area contributed by atoms with Crippen LogP contribution < -0.4 is 0 Å². The Bertz CT molecular complexity index is 6770. The molecule has 0 spiro atoms. The molecule has 0 unspecified atom stereocenters. The monoisotopic (exact) mass is 1220 g/mol. The van der Waals surface area contributed by atoms with Crippen molar-refractivity contribution < 1.29 is 0 Å². The fourth-order valence-corrected chi connectivity index (χ4v) is 3.25.